The van der Waals surface area contributed by atoms with Gasteiger partial charge in [0, 0.05) is 19.3 Å². The molecule has 8 heteroatoms. The molecule has 0 spiro atoms. The lowest BCUT2D eigenvalue weighted by molar-refractivity contribution is 0.0483. The maximum absolute atomic E-state index is 14.2. The summed E-state index contributed by atoms with van der Waals surface area (Å²) in [5.74, 6) is 0.806. The van der Waals surface area contributed by atoms with Gasteiger partial charge in [-0.05, 0) is 91.7 Å². The molecule has 0 amide bonds. The van der Waals surface area contributed by atoms with Gasteiger partial charge in [-0.15, -0.1) is 0 Å². The van der Waals surface area contributed by atoms with E-state index in [4.69, 9.17) is 14.2 Å². The molecule has 3 aliphatic rings. The summed E-state index contributed by atoms with van der Waals surface area (Å²) in [6.45, 7) is 6.14. The highest BCUT2D eigenvalue weighted by molar-refractivity contribution is 7.92. The van der Waals surface area contributed by atoms with E-state index in [2.05, 4.69) is 19.9 Å². The Morgan fingerprint density at radius 2 is 1.81 bits per heavy atom. The maximum Gasteiger partial charge on any atom is 0.341 e. The molecule has 0 N–H and O–H groups in total. The molecule has 2 heterocycles. The number of methoxy groups -OCH3 is 1. The zero-order valence-electron chi connectivity index (χ0n) is 21.9. The van der Waals surface area contributed by atoms with E-state index >= 15 is 0 Å². The van der Waals surface area contributed by atoms with Crippen LogP contribution < -0.4 is 9.04 Å². The first-order valence-corrected chi connectivity index (χ1v) is 14.8. The molecular weight excluding hydrogens is 490 g/mol. The number of fused-ring (bicyclic) bond motifs is 1. The molecule has 0 bridgehead atoms. The fourth-order valence-electron chi connectivity index (χ4n) is 5.49. The number of hydrogen-bond acceptors (Lipinski definition) is 6. The highest BCUT2D eigenvalue weighted by Crippen LogP contribution is 2.46. The Morgan fingerprint density at radius 3 is 2.49 bits per heavy atom. The van der Waals surface area contributed by atoms with Crippen molar-refractivity contribution in [2.45, 2.75) is 69.2 Å². The van der Waals surface area contributed by atoms with Gasteiger partial charge in [0.05, 0.1) is 24.3 Å². The van der Waals surface area contributed by atoms with Gasteiger partial charge >= 0.3 is 5.97 Å². The topological polar surface area (TPSA) is 82.1 Å². The minimum atomic E-state index is -3.93. The molecule has 1 saturated heterocycles. The number of sulfonamides is 1. The molecule has 7 nitrogen and oxygen atoms in total. The van der Waals surface area contributed by atoms with E-state index in [0.717, 1.165) is 49.8 Å². The van der Waals surface area contributed by atoms with E-state index in [-0.39, 0.29) is 16.5 Å². The molecule has 200 valence electrons. The molecule has 5 rings (SSSR count). The zero-order chi connectivity index (χ0) is 26.2. The Labute approximate surface area is 220 Å². The molecule has 1 atom stereocenters. The summed E-state index contributed by atoms with van der Waals surface area (Å²) >= 11 is 0. The summed E-state index contributed by atoms with van der Waals surface area (Å²) in [5, 5.41) is 0. The second-order valence-electron chi connectivity index (χ2n) is 10.8. The van der Waals surface area contributed by atoms with Crippen LogP contribution in [0.5, 0.6) is 5.75 Å². The van der Waals surface area contributed by atoms with Gasteiger partial charge in [-0.3, -0.25) is 4.31 Å². The number of carbonyl (C=O) groups excluding carboxylic acids is 1. The van der Waals surface area contributed by atoms with Crippen LogP contribution >= 0.6 is 0 Å². The van der Waals surface area contributed by atoms with Crippen molar-refractivity contribution in [3.05, 3.63) is 53.1 Å². The Bertz CT molecular complexity index is 1250. The lowest BCUT2D eigenvalue weighted by Gasteiger charge is -2.38. The third-order valence-corrected chi connectivity index (χ3v) is 9.75. The van der Waals surface area contributed by atoms with Crippen molar-refractivity contribution in [2.75, 3.05) is 31.2 Å². The molecule has 0 radical (unpaired) electrons. The van der Waals surface area contributed by atoms with E-state index in [1.807, 2.05) is 12.1 Å². The van der Waals surface area contributed by atoms with Crippen molar-refractivity contribution in [1.82, 2.24) is 0 Å². The lowest BCUT2D eigenvalue weighted by Crippen LogP contribution is -2.45. The monoisotopic (exact) mass is 527 g/mol. The Hall–Kier alpha value is -2.58. The molecule has 2 fully saturated rings. The average molecular weight is 528 g/mol. The highest BCUT2D eigenvalue weighted by atomic mass is 32.2. The number of aryl methyl sites for hydroxylation is 1. The van der Waals surface area contributed by atoms with Gasteiger partial charge in [0.2, 0.25) is 0 Å². The third kappa shape index (κ3) is 5.36. The van der Waals surface area contributed by atoms with Gasteiger partial charge in [0.1, 0.15) is 11.3 Å². The van der Waals surface area contributed by atoms with Crippen molar-refractivity contribution in [3.63, 3.8) is 0 Å². The van der Waals surface area contributed by atoms with Crippen LogP contribution in [0, 0.1) is 11.8 Å². The molecule has 0 aromatic heterocycles. The van der Waals surface area contributed by atoms with E-state index in [1.165, 1.54) is 18.7 Å². The molecule has 1 unspecified atom stereocenters. The molecule has 2 aliphatic heterocycles. The first kappa shape index (κ1) is 26.0. The van der Waals surface area contributed by atoms with Crippen molar-refractivity contribution in [3.8, 4) is 5.75 Å². The van der Waals surface area contributed by atoms with Crippen LogP contribution in [-0.2, 0) is 25.9 Å². The van der Waals surface area contributed by atoms with E-state index in [0.29, 0.717) is 43.3 Å². The second-order valence-corrected chi connectivity index (χ2v) is 12.6. The molecule has 37 heavy (non-hydrogen) atoms. The lowest BCUT2D eigenvalue weighted by atomic mass is 9.91. The number of ether oxygens (including phenoxy) is 3. The standard InChI is InChI=1S/C29H37NO6S/c1-19(2)22-6-9-27-23(16-22)7-10-26(21-4-5-21)30(27)37(32,33)24-8-11-28(25(17-24)29(31)34-3)36-18-20-12-14-35-15-13-20/h6,8-9,11,16-17,19-21,26H,4-5,7,10,12-15,18H2,1-3H3. The van der Waals surface area contributed by atoms with Crippen LogP contribution in [0.3, 0.4) is 0 Å². The summed E-state index contributed by atoms with van der Waals surface area (Å²) in [5.41, 5.74) is 3.16. The molecular formula is C29H37NO6S. The predicted octanol–water partition coefficient (Wildman–Crippen LogP) is 5.32. The fraction of sp³-hybridized carbons (Fsp3) is 0.552. The summed E-state index contributed by atoms with van der Waals surface area (Å²) < 4.78 is 46.5. The van der Waals surface area contributed by atoms with Crippen LogP contribution in [0.2, 0.25) is 0 Å². The Kier molecular flexibility index (Phi) is 7.50. The number of benzene rings is 2. The minimum absolute atomic E-state index is 0.0755. The maximum atomic E-state index is 14.2. The van der Waals surface area contributed by atoms with Gasteiger partial charge in [0.25, 0.3) is 10.0 Å². The number of rotatable bonds is 8. The van der Waals surface area contributed by atoms with Gasteiger partial charge in [-0.1, -0.05) is 26.0 Å². The van der Waals surface area contributed by atoms with Gasteiger partial charge in [-0.2, -0.15) is 0 Å². The van der Waals surface area contributed by atoms with Crippen molar-refractivity contribution in [2.24, 2.45) is 11.8 Å². The van der Waals surface area contributed by atoms with E-state index in [9.17, 15) is 13.2 Å². The number of carbonyl (C=O) groups is 1. The second kappa shape index (κ2) is 10.7. The first-order chi connectivity index (χ1) is 17.8. The first-order valence-electron chi connectivity index (χ1n) is 13.4. The van der Waals surface area contributed by atoms with Crippen LogP contribution in [0.25, 0.3) is 0 Å². The summed E-state index contributed by atoms with van der Waals surface area (Å²) in [4.78, 5) is 12.8. The largest absolute Gasteiger partial charge is 0.492 e. The van der Waals surface area contributed by atoms with Crippen molar-refractivity contribution in [1.29, 1.82) is 0 Å². The highest BCUT2D eigenvalue weighted by Gasteiger charge is 2.44. The van der Waals surface area contributed by atoms with Crippen LogP contribution in [0.15, 0.2) is 41.3 Å². The molecule has 2 aromatic rings. The zero-order valence-corrected chi connectivity index (χ0v) is 22.8. The third-order valence-electron chi connectivity index (χ3n) is 7.91. The smallest absolute Gasteiger partial charge is 0.341 e. The number of nitrogens with zero attached hydrogens (tertiary/aromatic N) is 1. The quantitative estimate of drug-likeness (QED) is 0.432. The number of anilines is 1. The fourth-order valence-corrected chi connectivity index (χ4v) is 7.30. The average Bonchev–Trinajstić information content (AvgIpc) is 3.76. The summed E-state index contributed by atoms with van der Waals surface area (Å²) in [6.07, 6.45) is 5.56. The normalized spacial score (nSPS) is 20.5. The number of esters is 1. The summed E-state index contributed by atoms with van der Waals surface area (Å²) in [6, 6.07) is 10.6. The van der Waals surface area contributed by atoms with Crippen LogP contribution in [0.1, 0.15) is 73.4 Å². The van der Waals surface area contributed by atoms with Crippen LogP contribution in [-0.4, -0.2) is 47.4 Å². The van der Waals surface area contributed by atoms with Gasteiger partial charge in [0.15, 0.2) is 0 Å². The van der Waals surface area contributed by atoms with E-state index in [1.54, 1.807) is 16.4 Å². The minimum Gasteiger partial charge on any atom is -0.492 e. The molecule has 1 saturated carbocycles. The van der Waals surface area contributed by atoms with Gasteiger partial charge in [-0.25, -0.2) is 13.2 Å². The predicted molar refractivity (Wildman–Crippen MR) is 142 cm³/mol. The Balaban J connectivity index is 1.50. The van der Waals surface area contributed by atoms with Crippen molar-refractivity contribution < 1.29 is 27.4 Å². The summed E-state index contributed by atoms with van der Waals surface area (Å²) in [7, 11) is -2.63. The van der Waals surface area contributed by atoms with E-state index < -0.39 is 16.0 Å². The SMILES string of the molecule is COC(=O)c1cc(S(=O)(=O)N2c3ccc(C(C)C)cc3CCC2C2CC2)ccc1OCC1CCOCC1. The Morgan fingerprint density at radius 1 is 1.05 bits per heavy atom. The van der Waals surface area contributed by atoms with Crippen LogP contribution in [0.4, 0.5) is 5.69 Å². The molecule has 2 aromatic carbocycles. The van der Waals surface area contributed by atoms with Gasteiger partial charge < -0.3 is 14.2 Å². The molecule has 1 aliphatic carbocycles. The number of hydrogen-bond donors (Lipinski definition) is 0. The van der Waals surface area contributed by atoms with Crippen molar-refractivity contribution >= 4 is 21.7 Å².